The van der Waals surface area contributed by atoms with E-state index in [2.05, 4.69) is 4.99 Å². The molecule has 0 unspecified atom stereocenters. The fourth-order valence-corrected chi connectivity index (χ4v) is 0.578. The number of carboxylic acid groups (broad SMARTS) is 1. The molecule has 0 saturated heterocycles. The van der Waals surface area contributed by atoms with Crippen LogP contribution in [0.15, 0.2) is 27.8 Å². The van der Waals surface area contributed by atoms with Gasteiger partial charge < -0.3 is 9.52 Å². The van der Waals surface area contributed by atoms with Gasteiger partial charge in [-0.25, -0.2) is 0 Å². The Hall–Kier alpha value is -1.58. The summed E-state index contributed by atoms with van der Waals surface area (Å²) in [6.07, 6.45) is 2.89. The van der Waals surface area contributed by atoms with E-state index in [0.29, 0.717) is 5.76 Å². The van der Waals surface area contributed by atoms with E-state index in [0.717, 1.165) is 0 Å². The average Bonchev–Trinajstić information content (AvgIpc) is 2.39. The van der Waals surface area contributed by atoms with Crippen LogP contribution in [-0.4, -0.2) is 23.8 Å². The van der Waals surface area contributed by atoms with Crippen molar-refractivity contribution in [3.05, 3.63) is 24.2 Å². The molecule has 4 heteroatoms. The van der Waals surface area contributed by atoms with Gasteiger partial charge in [0, 0.05) is 0 Å². The van der Waals surface area contributed by atoms with E-state index < -0.39 is 5.97 Å². The van der Waals surface area contributed by atoms with Crippen molar-refractivity contribution in [3.8, 4) is 0 Å². The van der Waals surface area contributed by atoms with Gasteiger partial charge in [0.2, 0.25) is 0 Å². The lowest BCUT2D eigenvalue weighted by atomic mass is 10.5. The van der Waals surface area contributed by atoms with Gasteiger partial charge >= 0.3 is 5.97 Å². The van der Waals surface area contributed by atoms with E-state index in [1.54, 1.807) is 12.1 Å². The summed E-state index contributed by atoms with van der Waals surface area (Å²) < 4.78 is 4.87. The molecule has 0 aliphatic carbocycles. The van der Waals surface area contributed by atoms with E-state index in [4.69, 9.17) is 9.52 Å². The molecule has 0 amide bonds. The summed E-state index contributed by atoms with van der Waals surface area (Å²) in [5.74, 6) is -0.390. The average molecular weight is 153 g/mol. The predicted molar refractivity (Wildman–Crippen MR) is 38.8 cm³/mol. The first kappa shape index (κ1) is 7.53. The maximum Gasteiger partial charge on any atom is 0.325 e. The highest BCUT2D eigenvalue weighted by Gasteiger charge is 1.91. The van der Waals surface area contributed by atoms with Crippen LogP contribution in [0.1, 0.15) is 5.76 Å². The van der Waals surface area contributed by atoms with Crippen molar-refractivity contribution in [1.82, 2.24) is 0 Å². The molecule has 1 aromatic rings. The molecule has 4 nitrogen and oxygen atoms in total. The van der Waals surface area contributed by atoms with Crippen molar-refractivity contribution >= 4 is 12.2 Å². The normalized spacial score (nSPS) is 10.5. The van der Waals surface area contributed by atoms with E-state index in [1.165, 1.54) is 12.5 Å². The van der Waals surface area contributed by atoms with Crippen LogP contribution in [0.5, 0.6) is 0 Å². The molecule has 0 atom stereocenters. The molecule has 0 fully saturated rings. The number of hydrogen-bond donors (Lipinski definition) is 1. The molecular weight excluding hydrogens is 146 g/mol. The third kappa shape index (κ3) is 2.66. The van der Waals surface area contributed by atoms with Crippen molar-refractivity contribution in [1.29, 1.82) is 0 Å². The Morgan fingerprint density at radius 3 is 3.18 bits per heavy atom. The minimum Gasteiger partial charge on any atom is -0.480 e. The summed E-state index contributed by atoms with van der Waals surface area (Å²) in [5.41, 5.74) is 0. The Kier molecular flexibility index (Phi) is 2.43. The molecule has 58 valence electrons. The lowest BCUT2D eigenvalue weighted by Gasteiger charge is -1.83. The molecule has 1 heterocycles. The number of hydrogen-bond acceptors (Lipinski definition) is 3. The number of rotatable bonds is 3. The molecule has 1 N–H and O–H groups in total. The second kappa shape index (κ2) is 3.55. The van der Waals surface area contributed by atoms with Crippen LogP contribution in [0.3, 0.4) is 0 Å². The second-order valence-corrected chi connectivity index (χ2v) is 1.88. The molecule has 0 saturated carbocycles. The van der Waals surface area contributed by atoms with Crippen LogP contribution in [0.25, 0.3) is 0 Å². The molecule has 0 bridgehead atoms. The maximum atomic E-state index is 9.98. The molecule has 1 aromatic heterocycles. The monoisotopic (exact) mass is 153 g/mol. The molecule has 0 aromatic carbocycles. The smallest absolute Gasteiger partial charge is 0.325 e. The van der Waals surface area contributed by atoms with Crippen LogP contribution < -0.4 is 0 Å². The minimum absolute atomic E-state index is 0.222. The second-order valence-electron chi connectivity index (χ2n) is 1.88. The Morgan fingerprint density at radius 2 is 2.64 bits per heavy atom. The van der Waals surface area contributed by atoms with Gasteiger partial charge in [0.15, 0.2) is 0 Å². The van der Waals surface area contributed by atoms with E-state index >= 15 is 0 Å². The molecule has 0 radical (unpaired) electrons. The lowest BCUT2D eigenvalue weighted by molar-refractivity contribution is -0.135. The molecule has 0 spiro atoms. The number of aliphatic imine (C=N–C) groups is 1. The van der Waals surface area contributed by atoms with E-state index in [1.807, 2.05) is 0 Å². The Morgan fingerprint density at radius 1 is 1.82 bits per heavy atom. The number of carbonyl (C=O) groups is 1. The molecule has 1 rings (SSSR count). The van der Waals surface area contributed by atoms with Gasteiger partial charge in [0.25, 0.3) is 0 Å². The highest BCUT2D eigenvalue weighted by Crippen LogP contribution is 1.94. The van der Waals surface area contributed by atoms with Gasteiger partial charge in [0.1, 0.15) is 12.3 Å². The third-order valence-corrected chi connectivity index (χ3v) is 0.988. The van der Waals surface area contributed by atoms with Gasteiger partial charge in [-0.3, -0.25) is 9.79 Å². The summed E-state index contributed by atoms with van der Waals surface area (Å²) in [7, 11) is 0. The van der Waals surface area contributed by atoms with Crippen LogP contribution in [0.2, 0.25) is 0 Å². The zero-order valence-corrected chi connectivity index (χ0v) is 5.73. The van der Waals surface area contributed by atoms with E-state index in [9.17, 15) is 4.79 Å². The van der Waals surface area contributed by atoms with Gasteiger partial charge in [0.05, 0.1) is 12.5 Å². The highest BCUT2D eigenvalue weighted by molar-refractivity contribution is 5.78. The summed E-state index contributed by atoms with van der Waals surface area (Å²) in [5, 5.41) is 8.20. The van der Waals surface area contributed by atoms with Crippen molar-refractivity contribution < 1.29 is 14.3 Å². The van der Waals surface area contributed by atoms with Crippen molar-refractivity contribution in [2.24, 2.45) is 4.99 Å². The summed E-state index contributed by atoms with van der Waals surface area (Å²) in [4.78, 5) is 13.6. The SMILES string of the molecule is O=C(O)CN=Cc1ccco1. The predicted octanol–water partition coefficient (Wildman–Crippen LogP) is 0.783. The lowest BCUT2D eigenvalue weighted by Crippen LogP contribution is -1.98. The summed E-state index contributed by atoms with van der Waals surface area (Å²) >= 11 is 0. The van der Waals surface area contributed by atoms with Crippen LogP contribution in [-0.2, 0) is 4.79 Å². The van der Waals surface area contributed by atoms with Crippen molar-refractivity contribution in [3.63, 3.8) is 0 Å². The topological polar surface area (TPSA) is 62.8 Å². The highest BCUT2D eigenvalue weighted by atomic mass is 16.4. The Bertz CT molecular complexity index is 251. The molecule has 0 aliphatic rings. The number of aliphatic carboxylic acids is 1. The number of furan rings is 1. The zero-order valence-electron chi connectivity index (χ0n) is 5.73. The maximum absolute atomic E-state index is 9.98. The number of carboxylic acids is 1. The van der Waals surface area contributed by atoms with Crippen LogP contribution >= 0.6 is 0 Å². The van der Waals surface area contributed by atoms with Gasteiger partial charge in [-0.15, -0.1) is 0 Å². The molecule has 11 heavy (non-hydrogen) atoms. The Labute approximate surface area is 63.2 Å². The minimum atomic E-state index is -0.951. The Balaban J connectivity index is 2.43. The molecular formula is C7H7NO3. The summed E-state index contributed by atoms with van der Waals surface area (Å²) in [6, 6.07) is 3.41. The van der Waals surface area contributed by atoms with Gasteiger partial charge in [-0.2, -0.15) is 0 Å². The van der Waals surface area contributed by atoms with Crippen LogP contribution in [0, 0.1) is 0 Å². The largest absolute Gasteiger partial charge is 0.480 e. The van der Waals surface area contributed by atoms with Crippen LogP contribution in [0.4, 0.5) is 0 Å². The third-order valence-electron chi connectivity index (χ3n) is 0.988. The standard InChI is InChI=1S/C7H7NO3/c9-7(10)5-8-4-6-2-1-3-11-6/h1-4H,5H2,(H,9,10). The molecule has 0 aliphatic heterocycles. The van der Waals surface area contributed by atoms with Gasteiger partial charge in [-0.05, 0) is 12.1 Å². The first-order valence-corrected chi connectivity index (χ1v) is 3.04. The zero-order chi connectivity index (χ0) is 8.10. The quantitative estimate of drug-likeness (QED) is 0.652. The first-order chi connectivity index (χ1) is 5.29. The fraction of sp³-hybridized carbons (Fsp3) is 0.143. The fourth-order valence-electron chi connectivity index (χ4n) is 0.578. The van der Waals surface area contributed by atoms with Crippen molar-refractivity contribution in [2.75, 3.05) is 6.54 Å². The number of nitrogens with zero attached hydrogens (tertiary/aromatic N) is 1. The van der Waals surface area contributed by atoms with Crippen molar-refractivity contribution in [2.45, 2.75) is 0 Å². The first-order valence-electron chi connectivity index (χ1n) is 3.04. The van der Waals surface area contributed by atoms with E-state index in [-0.39, 0.29) is 6.54 Å². The van der Waals surface area contributed by atoms with Gasteiger partial charge in [-0.1, -0.05) is 0 Å². The summed E-state index contributed by atoms with van der Waals surface area (Å²) in [6.45, 7) is -0.222.